The molecule has 1 heterocycles. The standard InChI is InChI=1S/C24H34N6O6/c1-12(2)8-18(22(33)29-17(21(26)32)10-20(25)31)30-23(34)19(28-13(3)24(35)36)9-14-11-27-16-7-5-4-6-15(14)16/h4-7,11-13,17-19,27-28H,8-10H2,1-3H3,(H2,25,31)(H2,26,32)(H,29,33)(H,30,34)(H,35,36)/t13?,17-,18-,19-/m0/s1. The van der Waals surface area contributed by atoms with Gasteiger partial charge in [0.1, 0.15) is 18.1 Å². The number of aromatic amines is 1. The number of carboxylic acid groups (broad SMARTS) is 1. The highest BCUT2D eigenvalue weighted by Gasteiger charge is 2.31. The number of nitrogens with two attached hydrogens (primary N) is 2. The van der Waals surface area contributed by atoms with Crippen LogP contribution in [0.5, 0.6) is 0 Å². The van der Waals surface area contributed by atoms with Gasteiger partial charge in [0.15, 0.2) is 0 Å². The van der Waals surface area contributed by atoms with Crippen LogP contribution in [0.2, 0.25) is 0 Å². The van der Waals surface area contributed by atoms with Crippen molar-refractivity contribution in [1.82, 2.24) is 20.9 Å². The third kappa shape index (κ3) is 8.08. The first kappa shape index (κ1) is 28.3. The molecule has 1 unspecified atom stereocenters. The van der Waals surface area contributed by atoms with E-state index in [1.807, 2.05) is 38.1 Å². The number of hydrogen-bond donors (Lipinski definition) is 7. The number of aromatic nitrogens is 1. The van der Waals surface area contributed by atoms with Crippen LogP contribution in [0, 0.1) is 5.92 Å². The molecule has 0 aliphatic carbocycles. The molecule has 0 bridgehead atoms. The van der Waals surface area contributed by atoms with Gasteiger partial charge in [0.05, 0.1) is 12.5 Å². The summed E-state index contributed by atoms with van der Waals surface area (Å²) in [4.78, 5) is 63.8. The highest BCUT2D eigenvalue weighted by atomic mass is 16.4. The number of fused-ring (bicyclic) bond motifs is 1. The number of rotatable bonds is 14. The first-order chi connectivity index (χ1) is 16.9. The minimum Gasteiger partial charge on any atom is -0.480 e. The first-order valence-electron chi connectivity index (χ1n) is 11.6. The van der Waals surface area contributed by atoms with Gasteiger partial charge in [-0.05, 0) is 37.3 Å². The monoisotopic (exact) mass is 502 g/mol. The predicted octanol–water partition coefficient (Wildman–Crippen LogP) is -0.482. The summed E-state index contributed by atoms with van der Waals surface area (Å²) in [6.45, 7) is 5.10. The molecule has 12 nitrogen and oxygen atoms in total. The Morgan fingerprint density at radius 3 is 2.14 bits per heavy atom. The van der Waals surface area contributed by atoms with E-state index in [2.05, 4.69) is 20.9 Å². The maximum atomic E-state index is 13.3. The van der Waals surface area contributed by atoms with Crippen LogP contribution >= 0.6 is 0 Å². The second-order valence-corrected chi connectivity index (χ2v) is 9.17. The smallest absolute Gasteiger partial charge is 0.320 e. The van der Waals surface area contributed by atoms with Crippen molar-refractivity contribution in [2.45, 2.75) is 64.2 Å². The average molecular weight is 503 g/mol. The van der Waals surface area contributed by atoms with Crippen LogP contribution < -0.4 is 27.4 Å². The number of H-pyrrole nitrogens is 1. The van der Waals surface area contributed by atoms with Crippen LogP contribution in [-0.2, 0) is 30.4 Å². The van der Waals surface area contributed by atoms with Gasteiger partial charge in [-0.1, -0.05) is 32.0 Å². The molecule has 0 fully saturated rings. The Labute approximate surface area is 208 Å². The molecule has 196 valence electrons. The van der Waals surface area contributed by atoms with Gasteiger partial charge in [-0.2, -0.15) is 0 Å². The fraction of sp³-hybridized carbons (Fsp3) is 0.458. The van der Waals surface area contributed by atoms with E-state index in [-0.39, 0.29) is 18.8 Å². The molecule has 2 aromatic rings. The van der Waals surface area contributed by atoms with Gasteiger partial charge in [-0.3, -0.25) is 29.3 Å². The van der Waals surface area contributed by atoms with E-state index in [0.717, 1.165) is 16.5 Å². The average Bonchev–Trinajstić information content (AvgIpc) is 3.19. The largest absolute Gasteiger partial charge is 0.480 e. The summed E-state index contributed by atoms with van der Waals surface area (Å²) >= 11 is 0. The Hall–Kier alpha value is -3.93. The molecule has 0 spiro atoms. The summed E-state index contributed by atoms with van der Waals surface area (Å²) in [6.07, 6.45) is 1.63. The van der Waals surface area contributed by atoms with Crippen molar-refractivity contribution in [3.8, 4) is 0 Å². The summed E-state index contributed by atoms with van der Waals surface area (Å²) < 4.78 is 0. The predicted molar refractivity (Wildman–Crippen MR) is 132 cm³/mol. The Bertz CT molecular complexity index is 1110. The fourth-order valence-corrected chi connectivity index (χ4v) is 3.79. The van der Waals surface area contributed by atoms with Crippen LogP contribution in [0.3, 0.4) is 0 Å². The minimum absolute atomic E-state index is 0.0258. The third-order valence-electron chi connectivity index (χ3n) is 5.64. The lowest BCUT2D eigenvalue weighted by molar-refractivity contribution is -0.139. The third-order valence-corrected chi connectivity index (χ3v) is 5.64. The van der Waals surface area contributed by atoms with E-state index < -0.39 is 60.2 Å². The minimum atomic E-state index is -1.33. The first-order valence-corrected chi connectivity index (χ1v) is 11.6. The number of carboxylic acids is 1. The zero-order valence-electron chi connectivity index (χ0n) is 20.5. The number of aliphatic carboxylic acids is 1. The summed E-state index contributed by atoms with van der Waals surface area (Å²) in [6, 6.07) is 3.05. The van der Waals surface area contributed by atoms with Crippen molar-refractivity contribution < 1.29 is 29.1 Å². The molecular weight excluding hydrogens is 468 g/mol. The van der Waals surface area contributed by atoms with E-state index in [0.29, 0.717) is 0 Å². The topological polar surface area (TPSA) is 210 Å². The van der Waals surface area contributed by atoms with Crippen LogP contribution in [0.4, 0.5) is 0 Å². The quantitative estimate of drug-likeness (QED) is 0.180. The summed E-state index contributed by atoms with van der Waals surface area (Å²) in [5.41, 5.74) is 12.1. The normalized spacial score (nSPS) is 14.6. The molecule has 36 heavy (non-hydrogen) atoms. The maximum Gasteiger partial charge on any atom is 0.320 e. The van der Waals surface area contributed by atoms with Gasteiger partial charge in [0.2, 0.25) is 23.6 Å². The number of para-hydroxylation sites is 1. The van der Waals surface area contributed by atoms with Crippen LogP contribution in [0.1, 0.15) is 39.2 Å². The van der Waals surface area contributed by atoms with Crippen molar-refractivity contribution in [3.05, 3.63) is 36.0 Å². The summed E-state index contributed by atoms with van der Waals surface area (Å²) in [7, 11) is 0. The van der Waals surface area contributed by atoms with Crippen molar-refractivity contribution in [1.29, 1.82) is 0 Å². The highest BCUT2D eigenvalue weighted by molar-refractivity contribution is 5.95. The number of carbonyl (C=O) groups excluding carboxylic acids is 4. The van der Waals surface area contributed by atoms with E-state index >= 15 is 0 Å². The Morgan fingerprint density at radius 1 is 0.944 bits per heavy atom. The van der Waals surface area contributed by atoms with Crippen molar-refractivity contribution in [2.24, 2.45) is 17.4 Å². The molecule has 0 aliphatic heterocycles. The summed E-state index contributed by atoms with van der Waals surface area (Å²) in [5, 5.41) is 18.1. The van der Waals surface area contributed by atoms with Crippen LogP contribution in [0.15, 0.2) is 30.5 Å². The molecule has 12 heteroatoms. The van der Waals surface area contributed by atoms with Gasteiger partial charge in [0.25, 0.3) is 0 Å². The summed E-state index contributed by atoms with van der Waals surface area (Å²) in [5.74, 6) is -4.24. The van der Waals surface area contributed by atoms with E-state index in [4.69, 9.17) is 11.5 Å². The molecule has 2 rings (SSSR count). The zero-order valence-corrected chi connectivity index (χ0v) is 20.5. The maximum absolute atomic E-state index is 13.3. The SMILES string of the molecule is CC(C)C[C@H](NC(=O)[C@H](Cc1c[nH]c2ccccc12)NC(C)C(=O)O)C(=O)N[C@@H](CC(N)=O)C(N)=O. The lowest BCUT2D eigenvalue weighted by atomic mass is 10.00. The van der Waals surface area contributed by atoms with Crippen LogP contribution in [0.25, 0.3) is 10.9 Å². The second-order valence-electron chi connectivity index (χ2n) is 9.17. The molecule has 9 N–H and O–H groups in total. The highest BCUT2D eigenvalue weighted by Crippen LogP contribution is 2.19. The molecule has 4 amide bonds. The van der Waals surface area contributed by atoms with E-state index in [9.17, 15) is 29.1 Å². The number of primary amides is 2. The van der Waals surface area contributed by atoms with Gasteiger partial charge >= 0.3 is 5.97 Å². The Kier molecular flexibility index (Phi) is 9.97. The molecule has 1 aromatic carbocycles. The second kappa shape index (κ2) is 12.7. The molecule has 0 saturated heterocycles. The lowest BCUT2D eigenvalue weighted by Gasteiger charge is -2.26. The van der Waals surface area contributed by atoms with Gasteiger partial charge in [-0.15, -0.1) is 0 Å². The molecular formula is C24H34N6O6. The van der Waals surface area contributed by atoms with Crippen LogP contribution in [-0.4, -0.2) is 63.9 Å². The van der Waals surface area contributed by atoms with Gasteiger partial charge in [-0.25, -0.2) is 0 Å². The lowest BCUT2D eigenvalue weighted by Crippen LogP contribution is -2.58. The molecule has 0 aliphatic rings. The number of carbonyl (C=O) groups is 5. The number of amides is 4. The number of benzene rings is 1. The number of hydrogen-bond acceptors (Lipinski definition) is 6. The fourth-order valence-electron chi connectivity index (χ4n) is 3.79. The molecule has 0 saturated carbocycles. The Morgan fingerprint density at radius 2 is 1.56 bits per heavy atom. The van der Waals surface area contributed by atoms with Crippen molar-refractivity contribution >= 4 is 40.5 Å². The number of nitrogens with one attached hydrogen (secondary N) is 4. The van der Waals surface area contributed by atoms with Gasteiger partial charge in [0, 0.05) is 17.1 Å². The Balaban J connectivity index is 2.27. The van der Waals surface area contributed by atoms with Crippen molar-refractivity contribution in [3.63, 3.8) is 0 Å². The molecule has 1 aromatic heterocycles. The van der Waals surface area contributed by atoms with Gasteiger partial charge < -0.3 is 32.2 Å². The van der Waals surface area contributed by atoms with Crippen molar-refractivity contribution in [2.75, 3.05) is 0 Å². The molecule has 4 atom stereocenters. The zero-order chi connectivity index (χ0) is 27.0. The van der Waals surface area contributed by atoms with E-state index in [1.54, 1.807) is 6.20 Å². The molecule has 0 radical (unpaired) electrons. The van der Waals surface area contributed by atoms with E-state index in [1.165, 1.54) is 6.92 Å².